The minimum Gasteiger partial charge on any atom is -0.313 e. The van der Waals surface area contributed by atoms with Gasteiger partial charge in [-0.25, -0.2) is 0 Å². The third kappa shape index (κ3) is 1.92. The van der Waals surface area contributed by atoms with Crippen molar-refractivity contribution in [3.8, 4) is 0 Å². The van der Waals surface area contributed by atoms with Gasteiger partial charge in [0.1, 0.15) is 0 Å². The lowest BCUT2D eigenvalue weighted by Gasteiger charge is -2.19. The fraction of sp³-hybridized carbons (Fsp3) is 0.500. The maximum Gasteiger partial charge on any atom is 0.0134 e. The molecule has 0 aliphatic carbocycles. The molecule has 1 aromatic carbocycles. The summed E-state index contributed by atoms with van der Waals surface area (Å²) >= 11 is 0. The Bertz CT molecular complexity index is 249. The Morgan fingerprint density at radius 3 is 2.69 bits per heavy atom. The van der Waals surface area contributed by atoms with E-state index >= 15 is 0 Å². The summed E-state index contributed by atoms with van der Waals surface area (Å²) in [5.41, 5.74) is 1.46. The first-order chi connectivity index (χ1) is 6.38. The zero-order chi connectivity index (χ0) is 9.10. The van der Waals surface area contributed by atoms with Gasteiger partial charge in [-0.3, -0.25) is 0 Å². The number of nitrogens with one attached hydrogen (secondary N) is 1. The molecule has 1 aliphatic heterocycles. The van der Waals surface area contributed by atoms with Crippen molar-refractivity contribution in [2.75, 3.05) is 6.54 Å². The molecule has 0 aromatic heterocycles. The average Bonchev–Trinajstić information content (AvgIpc) is 2.71. The van der Waals surface area contributed by atoms with Crippen molar-refractivity contribution in [2.45, 2.75) is 31.7 Å². The highest BCUT2D eigenvalue weighted by Gasteiger charge is 2.21. The SMILES string of the molecule is CC(c1ccccc1)C1CCCN1. The van der Waals surface area contributed by atoms with Crippen LogP contribution in [0, 0.1) is 0 Å². The van der Waals surface area contributed by atoms with Crippen LogP contribution in [-0.2, 0) is 0 Å². The fourth-order valence-electron chi connectivity index (χ4n) is 2.13. The summed E-state index contributed by atoms with van der Waals surface area (Å²) in [7, 11) is 0. The molecule has 1 fully saturated rings. The first-order valence-electron chi connectivity index (χ1n) is 5.16. The predicted molar refractivity (Wildman–Crippen MR) is 55.9 cm³/mol. The van der Waals surface area contributed by atoms with Gasteiger partial charge in [0.25, 0.3) is 0 Å². The number of hydrogen-bond donors (Lipinski definition) is 1. The second-order valence-electron chi connectivity index (χ2n) is 3.90. The predicted octanol–water partition coefficient (Wildman–Crippen LogP) is 2.54. The quantitative estimate of drug-likeness (QED) is 0.728. The Kier molecular flexibility index (Phi) is 2.65. The molecule has 2 atom stereocenters. The van der Waals surface area contributed by atoms with Crippen molar-refractivity contribution in [3.05, 3.63) is 35.9 Å². The first kappa shape index (κ1) is 8.76. The molecule has 0 spiro atoms. The minimum absolute atomic E-state index is 0.656. The summed E-state index contributed by atoms with van der Waals surface area (Å²) in [6, 6.07) is 11.5. The highest BCUT2D eigenvalue weighted by molar-refractivity contribution is 5.20. The van der Waals surface area contributed by atoms with Gasteiger partial charge < -0.3 is 5.32 Å². The molecular formula is C12H17N. The average molecular weight is 175 g/mol. The summed E-state index contributed by atoms with van der Waals surface area (Å²) in [6.45, 7) is 3.51. The van der Waals surface area contributed by atoms with E-state index < -0.39 is 0 Å². The van der Waals surface area contributed by atoms with Gasteiger partial charge in [-0.05, 0) is 30.9 Å². The highest BCUT2D eigenvalue weighted by atomic mass is 14.9. The lowest BCUT2D eigenvalue weighted by molar-refractivity contribution is 0.517. The van der Waals surface area contributed by atoms with Gasteiger partial charge in [-0.15, -0.1) is 0 Å². The molecule has 2 rings (SSSR count). The molecule has 1 aromatic rings. The third-order valence-electron chi connectivity index (χ3n) is 3.03. The molecule has 1 nitrogen and oxygen atoms in total. The maximum absolute atomic E-state index is 3.55. The van der Waals surface area contributed by atoms with Gasteiger partial charge in [0.2, 0.25) is 0 Å². The lowest BCUT2D eigenvalue weighted by atomic mass is 9.92. The molecule has 1 N–H and O–H groups in total. The molecule has 0 bridgehead atoms. The maximum atomic E-state index is 3.55. The van der Waals surface area contributed by atoms with E-state index in [1.165, 1.54) is 24.9 Å². The van der Waals surface area contributed by atoms with Gasteiger partial charge in [-0.2, -0.15) is 0 Å². The van der Waals surface area contributed by atoms with Crippen LogP contribution in [0.15, 0.2) is 30.3 Å². The van der Waals surface area contributed by atoms with E-state index in [4.69, 9.17) is 0 Å². The standard InChI is InChI=1S/C12H17N/c1-10(12-8-5-9-13-12)11-6-3-2-4-7-11/h2-4,6-7,10,12-13H,5,8-9H2,1H3. The van der Waals surface area contributed by atoms with Crippen molar-refractivity contribution in [1.29, 1.82) is 0 Å². The van der Waals surface area contributed by atoms with Gasteiger partial charge in [0.05, 0.1) is 0 Å². The van der Waals surface area contributed by atoms with Crippen molar-refractivity contribution >= 4 is 0 Å². The fourth-order valence-corrected chi connectivity index (χ4v) is 2.13. The molecule has 13 heavy (non-hydrogen) atoms. The summed E-state index contributed by atoms with van der Waals surface area (Å²) in [5, 5.41) is 3.55. The zero-order valence-corrected chi connectivity index (χ0v) is 8.16. The molecule has 1 heterocycles. The largest absolute Gasteiger partial charge is 0.313 e. The van der Waals surface area contributed by atoms with Crippen LogP contribution in [0.4, 0.5) is 0 Å². The summed E-state index contributed by atoms with van der Waals surface area (Å²) < 4.78 is 0. The smallest absolute Gasteiger partial charge is 0.0134 e. The van der Waals surface area contributed by atoms with E-state index in [1.807, 2.05) is 0 Å². The second kappa shape index (κ2) is 3.93. The third-order valence-corrected chi connectivity index (χ3v) is 3.03. The molecule has 2 unspecified atom stereocenters. The van der Waals surface area contributed by atoms with E-state index in [2.05, 4.69) is 42.6 Å². The van der Waals surface area contributed by atoms with Crippen molar-refractivity contribution in [3.63, 3.8) is 0 Å². The summed E-state index contributed by atoms with van der Waals surface area (Å²) in [4.78, 5) is 0. The van der Waals surface area contributed by atoms with Crippen molar-refractivity contribution in [2.24, 2.45) is 0 Å². The Labute approximate surface area is 80.2 Å². The summed E-state index contributed by atoms with van der Waals surface area (Å²) in [5.74, 6) is 0.656. The van der Waals surface area contributed by atoms with Crippen LogP contribution in [0.25, 0.3) is 0 Å². The molecule has 0 saturated carbocycles. The Hall–Kier alpha value is -0.820. The molecule has 1 saturated heterocycles. The molecule has 0 radical (unpaired) electrons. The topological polar surface area (TPSA) is 12.0 Å². The van der Waals surface area contributed by atoms with E-state index in [9.17, 15) is 0 Å². The van der Waals surface area contributed by atoms with Crippen LogP contribution in [0.3, 0.4) is 0 Å². The van der Waals surface area contributed by atoms with Crippen LogP contribution >= 0.6 is 0 Å². The van der Waals surface area contributed by atoms with Crippen molar-refractivity contribution < 1.29 is 0 Å². The highest BCUT2D eigenvalue weighted by Crippen LogP contribution is 2.24. The van der Waals surface area contributed by atoms with Gasteiger partial charge in [0, 0.05) is 6.04 Å². The molecule has 1 aliphatic rings. The van der Waals surface area contributed by atoms with Gasteiger partial charge in [-0.1, -0.05) is 37.3 Å². The number of hydrogen-bond acceptors (Lipinski definition) is 1. The van der Waals surface area contributed by atoms with Crippen molar-refractivity contribution in [1.82, 2.24) is 5.32 Å². The van der Waals surface area contributed by atoms with Gasteiger partial charge in [0.15, 0.2) is 0 Å². The Balaban J connectivity index is 2.08. The zero-order valence-electron chi connectivity index (χ0n) is 8.16. The van der Waals surface area contributed by atoms with Crippen LogP contribution in [0.2, 0.25) is 0 Å². The van der Waals surface area contributed by atoms with Crippen LogP contribution < -0.4 is 5.32 Å². The number of rotatable bonds is 2. The monoisotopic (exact) mass is 175 g/mol. The van der Waals surface area contributed by atoms with Gasteiger partial charge >= 0.3 is 0 Å². The Morgan fingerprint density at radius 1 is 1.31 bits per heavy atom. The van der Waals surface area contributed by atoms with E-state index in [1.54, 1.807) is 0 Å². The normalized spacial score (nSPS) is 24.5. The van der Waals surface area contributed by atoms with Crippen LogP contribution in [-0.4, -0.2) is 12.6 Å². The summed E-state index contributed by atoms with van der Waals surface area (Å²) in [6.07, 6.45) is 2.66. The Morgan fingerprint density at radius 2 is 2.08 bits per heavy atom. The molecule has 0 amide bonds. The molecule has 70 valence electrons. The van der Waals surface area contributed by atoms with Crippen LogP contribution in [0.5, 0.6) is 0 Å². The van der Waals surface area contributed by atoms with Crippen LogP contribution in [0.1, 0.15) is 31.2 Å². The van der Waals surface area contributed by atoms with E-state index in [-0.39, 0.29) is 0 Å². The van der Waals surface area contributed by atoms with E-state index in [0.29, 0.717) is 12.0 Å². The first-order valence-corrected chi connectivity index (χ1v) is 5.16. The minimum atomic E-state index is 0.656. The number of benzene rings is 1. The van der Waals surface area contributed by atoms with E-state index in [0.717, 1.165) is 0 Å². The molecular weight excluding hydrogens is 158 g/mol. The lowest BCUT2D eigenvalue weighted by Crippen LogP contribution is -2.27. The molecule has 1 heteroatoms. The second-order valence-corrected chi connectivity index (χ2v) is 3.90.